The van der Waals surface area contributed by atoms with Crippen LogP contribution in [0.4, 0.5) is 5.82 Å². The van der Waals surface area contributed by atoms with Crippen LogP contribution in [0.5, 0.6) is 0 Å². The molecule has 2 aliphatic heterocycles. The van der Waals surface area contributed by atoms with E-state index < -0.39 is 0 Å². The van der Waals surface area contributed by atoms with E-state index in [-0.39, 0.29) is 6.04 Å². The average molecular weight is 343 g/mol. The van der Waals surface area contributed by atoms with Crippen molar-refractivity contribution in [1.29, 1.82) is 0 Å². The maximum Gasteiger partial charge on any atom is 0.203 e. The van der Waals surface area contributed by atoms with Gasteiger partial charge in [0.1, 0.15) is 0 Å². The monoisotopic (exact) mass is 343 g/mol. The third kappa shape index (κ3) is 2.39. The predicted molar refractivity (Wildman–Crippen MR) is 103 cm³/mol. The fourth-order valence-electron chi connectivity index (χ4n) is 3.91. The van der Waals surface area contributed by atoms with Crippen molar-refractivity contribution < 1.29 is 0 Å². The molecular formula is C21H21N5. The van der Waals surface area contributed by atoms with Gasteiger partial charge in [-0.3, -0.25) is 9.89 Å². The molecule has 0 fully saturated rings. The minimum Gasteiger partial charge on any atom is -0.340 e. The molecule has 1 atom stereocenters. The topological polar surface area (TPSA) is 36.7 Å². The Balaban J connectivity index is 1.53. The van der Waals surface area contributed by atoms with Gasteiger partial charge in [0.05, 0.1) is 31.2 Å². The lowest BCUT2D eigenvalue weighted by Gasteiger charge is -2.36. The molecular weight excluding hydrogens is 322 g/mol. The van der Waals surface area contributed by atoms with Crippen LogP contribution < -0.4 is 4.90 Å². The van der Waals surface area contributed by atoms with E-state index in [2.05, 4.69) is 82.1 Å². The van der Waals surface area contributed by atoms with Gasteiger partial charge in [-0.25, -0.2) is 4.98 Å². The summed E-state index contributed by atoms with van der Waals surface area (Å²) in [5, 5.41) is 0. The van der Waals surface area contributed by atoms with Crippen LogP contribution >= 0.6 is 0 Å². The smallest absolute Gasteiger partial charge is 0.203 e. The van der Waals surface area contributed by atoms with E-state index in [4.69, 9.17) is 9.98 Å². The largest absolute Gasteiger partial charge is 0.340 e. The number of aromatic nitrogens is 2. The zero-order chi connectivity index (χ0) is 17.5. The summed E-state index contributed by atoms with van der Waals surface area (Å²) in [6.07, 6.45) is 1.97. The molecule has 3 aromatic rings. The second-order valence-corrected chi connectivity index (χ2v) is 6.92. The van der Waals surface area contributed by atoms with Crippen molar-refractivity contribution in [3.63, 3.8) is 0 Å². The van der Waals surface area contributed by atoms with Crippen molar-refractivity contribution in [3.8, 4) is 0 Å². The number of rotatable bonds is 3. The van der Waals surface area contributed by atoms with Crippen molar-refractivity contribution in [1.82, 2.24) is 14.5 Å². The fraction of sp³-hybridized carbons (Fsp3) is 0.238. The molecule has 5 heteroatoms. The maximum atomic E-state index is 4.81. The zero-order valence-electron chi connectivity index (χ0n) is 14.8. The minimum absolute atomic E-state index is 0.216. The highest BCUT2D eigenvalue weighted by atomic mass is 15.5. The highest BCUT2D eigenvalue weighted by Crippen LogP contribution is 2.37. The van der Waals surface area contributed by atoms with E-state index >= 15 is 0 Å². The Bertz CT molecular complexity index is 945. The SMILES string of the molecule is CN1Cc2c(ncn2Cc2ccccc2)N2C1=NCC2c1ccccc1. The molecule has 5 rings (SSSR count). The Labute approximate surface area is 153 Å². The van der Waals surface area contributed by atoms with Crippen LogP contribution in [0.25, 0.3) is 0 Å². The van der Waals surface area contributed by atoms with Gasteiger partial charge >= 0.3 is 0 Å². The summed E-state index contributed by atoms with van der Waals surface area (Å²) in [6.45, 7) is 2.45. The molecule has 0 saturated heterocycles. The molecule has 2 aromatic carbocycles. The van der Waals surface area contributed by atoms with Gasteiger partial charge in [-0.1, -0.05) is 60.7 Å². The van der Waals surface area contributed by atoms with Gasteiger partial charge in [0.15, 0.2) is 5.82 Å². The van der Waals surface area contributed by atoms with Crippen LogP contribution in [0, 0.1) is 0 Å². The Kier molecular flexibility index (Phi) is 3.52. The van der Waals surface area contributed by atoms with Crippen LogP contribution in [-0.4, -0.2) is 34.0 Å². The van der Waals surface area contributed by atoms with Gasteiger partial charge in [0.25, 0.3) is 0 Å². The molecule has 130 valence electrons. The van der Waals surface area contributed by atoms with Crippen LogP contribution in [0.3, 0.4) is 0 Å². The molecule has 1 aromatic heterocycles. The Morgan fingerprint density at radius 2 is 1.73 bits per heavy atom. The summed E-state index contributed by atoms with van der Waals surface area (Å²) in [7, 11) is 2.11. The van der Waals surface area contributed by atoms with Gasteiger partial charge in [0.2, 0.25) is 5.96 Å². The van der Waals surface area contributed by atoms with E-state index in [1.54, 1.807) is 0 Å². The summed E-state index contributed by atoms with van der Waals surface area (Å²) >= 11 is 0. The minimum atomic E-state index is 0.216. The molecule has 0 bridgehead atoms. The van der Waals surface area contributed by atoms with E-state index in [9.17, 15) is 0 Å². The molecule has 3 heterocycles. The number of fused-ring (bicyclic) bond motifs is 3. The van der Waals surface area contributed by atoms with Crippen LogP contribution in [-0.2, 0) is 13.1 Å². The molecule has 2 aliphatic rings. The third-order valence-electron chi connectivity index (χ3n) is 5.19. The van der Waals surface area contributed by atoms with Crippen molar-refractivity contribution in [3.05, 3.63) is 83.8 Å². The number of benzene rings is 2. The normalized spacial score (nSPS) is 18.5. The van der Waals surface area contributed by atoms with Crippen molar-refractivity contribution in [2.45, 2.75) is 19.1 Å². The molecule has 0 N–H and O–H groups in total. The second-order valence-electron chi connectivity index (χ2n) is 6.92. The Morgan fingerprint density at radius 1 is 1.00 bits per heavy atom. The number of hydrogen-bond donors (Lipinski definition) is 0. The van der Waals surface area contributed by atoms with Crippen molar-refractivity contribution in [2.75, 3.05) is 18.5 Å². The molecule has 0 aliphatic carbocycles. The van der Waals surface area contributed by atoms with Crippen LogP contribution in [0.15, 0.2) is 72.0 Å². The Hall–Kier alpha value is -3.08. The quantitative estimate of drug-likeness (QED) is 0.732. The first kappa shape index (κ1) is 15.2. The predicted octanol–water partition coefficient (Wildman–Crippen LogP) is 3.29. The summed E-state index contributed by atoms with van der Waals surface area (Å²) in [5.74, 6) is 2.07. The van der Waals surface area contributed by atoms with Crippen molar-refractivity contribution >= 4 is 11.8 Å². The summed E-state index contributed by atoms with van der Waals surface area (Å²) in [5.41, 5.74) is 3.82. The molecule has 0 radical (unpaired) electrons. The molecule has 5 nitrogen and oxygen atoms in total. The molecule has 1 unspecified atom stereocenters. The summed E-state index contributed by atoms with van der Waals surface area (Å²) in [6, 6.07) is 21.4. The molecule has 26 heavy (non-hydrogen) atoms. The van der Waals surface area contributed by atoms with E-state index in [1.165, 1.54) is 16.8 Å². The van der Waals surface area contributed by atoms with Crippen LogP contribution in [0.2, 0.25) is 0 Å². The van der Waals surface area contributed by atoms with Crippen molar-refractivity contribution in [2.24, 2.45) is 4.99 Å². The highest BCUT2D eigenvalue weighted by Gasteiger charge is 2.39. The standard InChI is InChI=1S/C21H21N5/c1-24-14-19-20(23-15-25(19)13-16-8-4-2-5-9-16)26-18(12-22-21(24)26)17-10-6-3-7-11-17/h2-11,15,18H,12-14H2,1H3. The number of nitrogens with zero attached hydrogens (tertiary/aromatic N) is 5. The third-order valence-corrected chi connectivity index (χ3v) is 5.19. The van der Waals surface area contributed by atoms with E-state index in [0.29, 0.717) is 0 Å². The first-order valence-corrected chi connectivity index (χ1v) is 8.99. The van der Waals surface area contributed by atoms with Gasteiger partial charge < -0.3 is 9.47 Å². The summed E-state index contributed by atoms with van der Waals surface area (Å²) in [4.78, 5) is 14.1. The number of guanidine groups is 1. The Morgan fingerprint density at radius 3 is 2.50 bits per heavy atom. The van der Waals surface area contributed by atoms with E-state index in [0.717, 1.165) is 31.4 Å². The number of aliphatic imine (C=N–C) groups is 1. The average Bonchev–Trinajstić information content (AvgIpc) is 3.29. The first-order valence-electron chi connectivity index (χ1n) is 8.99. The molecule has 0 amide bonds. The van der Waals surface area contributed by atoms with Gasteiger partial charge in [-0.2, -0.15) is 0 Å². The summed E-state index contributed by atoms with van der Waals surface area (Å²) < 4.78 is 2.26. The number of anilines is 1. The van der Waals surface area contributed by atoms with Crippen LogP contribution in [0.1, 0.15) is 22.9 Å². The molecule has 0 spiro atoms. The number of imidazole rings is 1. The van der Waals surface area contributed by atoms with Gasteiger partial charge in [0, 0.05) is 13.6 Å². The van der Waals surface area contributed by atoms with Gasteiger partial charge in [-0.05, 0) is 11.1 Å². The molecule has 0 saturated carbocycles. The highest BCUT2D eigenvalue weighted by molar-refractivity contribution is 5.99. The fourth-order valence-corrected chi connectivity index (χ4v) is 3.91. The lowest BCUT2D eigenvalue weighted by atomic mass is 10.1. The van der Waals surface area contributed by atoms with E-state index in [1.807, 2.05) is 6.33 Å². The first-order chi connectivity index (χ1) is 12.8. The number of hydrogen-bond acceptors (Lipinski definition) is 4. The lowest BCUT2D eigenvalue weighted by molar-refractivity contribution is 0.457. The van der Waals surface area contributed by atoms with Gasteiger partial charge in [-0.15, -0.1) is 0 Å². The second kappa shape index (κ2) is 6.02. The maximum absolute atomic E-state index is 4.81. The lowest BCUT2D eigenvalue weighted by Crippen LogP contribution is -2.45. The zero-order valence-corrected chi connectivity index (χ0v) is 14.8.